The monoisotopic (exact) mass is 294 g/mol. The van der Waals surface area contributed by atoms with Gasteiger partial charge in [0.1, 0.15) is 0 Å². The molecule has 1 aromatic carbocycles. The number of nitrogens with one attached hydrogen (secondary N) is 1. The SMILES string of the molecule is CCNC(C)CC1CCN(Cc2ccc(Cl)cc2)CC1. The van der Waals surface area contributed by atoms with Crippen LogP contribution in [0.25, 0.3) is 0 Å². The maximum atomic E-state index is 5.93. The third-order valence-corrected chi connectivity index (χ3v) is 4.52. The molecule has 1 heterocycles. The number of benzene rings is 1. The summed E-state index contributed by atoms with van der Waals surface area (Å²) in [6, 6.07) is 8.92. The first-order valence-corrected chi connectivity index (χ1v) is 8.25. The van der Waals surface area contributed by atoms with Gasteiger partial charge in [0.05, 0.1) is 0 Å². The lowest BCUT2D eigenvalue weighted by Gasteiger charge is -2.33. The van der Waals surface area contributed by atoms with Crippen LogP contribution in [0, 0.1) is 5.92 Å². The summed E-state index contributed by atoms with van der Waals surface area (Å²) in [7, 11) is 0. The van der Waals surface area contributed by atoms with Gasteiger partial charge in [-0.1, -0.05) is 30.7 Å². The van der Waals surface area contributed by atoms with Crippen molar-refractivity contribution in [2.24, 2.45) is 5.92 Å². The molecule has 0 saturated carbocycles. The second-order valence-electron chi connectivity index (χ2n) is 6.04. The van der Waals surface area contributed by atoms with Crippen LogP contribution < -0.4 is 5.32 Å². The molecule has 1 fully saturated rings. The van der Waals surface area contributed by atoms with Crippen LogP contribution in [-0.4, -0.2) is 30.6 Å². The second kappa shape index (κ2) is 8.02. The predicted molar refractivity (Wildman–Crippen MR) is 87.2 cm³/mol. The van der Waals surface area contributed by atoms with E-state index in [1.165, 1.54) is 37.9 Å². The van der Waals surface area contributed by atoms with Gasteiger partial charge in [0, 0.05) is 17.6 Å². The van der Waals surface area contributed by atoms with Crippen molar-refractivity contribution < 1.29 is 0 Å². The molecular weight excluding hydrogens is 268 g/mol. The van der Waals surface area contributed by atoms with Crippen molar-refractivity contribution in [1.82, 2.24) is 10.2 Å². The van der Waals surface area contributed by atoms with Crippen LogP contribution >= 0.6 is 11.6 Å². The van der Waals surface area contributed by atoms with Gasteiger partial charge in [0.25, 0.3) is 0 Å². The van der Waals surface area contributed by atoms with Gasteiger partial charge in [-0.15, -0.1) is 0 Å². The Morgan fingerprint density at radius 1 is 1.25 bits per heavy atom. The molecule has 1 aliphatic heterocycles. The largest absolute Gasteiger partial charge is 0.315 e. The van der Waals surface area contributed by atoms with Gasteiger partial charge in [-0.2, -0.15) is 0 Å². The Bertz CT molecular complexity index is 382. The molecule has 2 rings (SSSR count). The van der Waals surface area contributed by atoms with Gasteiger partial charge >= 0.3 is 0 Å². The summed E-state index contributed by atoms with van der Waals surface area (Å²) >= 11 is 5.93. The molecule has 1 aromatic rings. The molecule has 1 aliphatic rings. The predicted octanol–water partition coefficient (Wildman–Crippen LogP) is 3.94. The zero-order chi connectivity index (χ0) is 14.4. The van der Waals surface area contributed by atoms with Crippen molar-refractivity contribution in [3.05, 3.63) is 34.9 Å². The van der Waals surface area contributed by atoms with Crippen molar-refractivity contribution in [2.75, 3.05) is 19.6 Å². The summed E-state index contributed by atoms with van der Waals surface area (Å²) < 4.78 is 0. The third kappa shape index (κ3) is 5.08. The van der Waals surface area contributed by atoms with E-state index in [2.05, 4.69) is 36.2 Å². The highest BCUT2D eigenvalue weighted by Crippen LogP contribution is 2.23. The fraction of sp³-hybridized carbons (Fsp3) is 0.647. The Morgan fingerprint density at radius 3 is 2.50 bits per heavy atom. The quantitative estimate of drug-likeness (QED) is 0.855. The van der Waals surface area contributed by atoms with Crippen LogP contribution in [0.2, 0.25) is 5.02 Å². The molecule has 0 radical (unpaired) electrons. The fourth-order valence-electron chi connectivity index (χ4n) is 3.16. The Hall–Kier alpha value is -0.570. The van der Waals surface area contributed by atoms with E-state index in [1.54, 1.807) is 0 Å². The molecule has 2 nitrogen and oxygen atoms in total. The molecule has 0 spiro atoms. The van der Waals surface area contributed by atoms with Crippen LogP contribution in [0.15, 0.2) is 24.3 Å². The van der Waals surface area contributed by atoms with E-state index in [4.69, 9.17) is 11.6 Å². The first kappa shape index (κ1) is 15.8. The molecule has 1 atom stereocenters. The summed E-state index contributed by atoms with van der Waals surface area (Å²) in [6.07, 6.45) is 4.00. The molecule has 1 saturated heterocycles. The van der Waals surface area contributed by atoms with Gasteiger partial charge < -0.3 is 5.32 Å². The molecule has 1 unspecified atom stereocenters. The number of piperidine rings is 1. The van der Waals surface area contributed by atoms with Crippen LogP contribution in [0.3, 0.4) is 0 Å². The molecule has 1 N–H and O–H groups in total. The minimum absolute atomic E-state index is 0.660. The number of hydrogen-bond donors (Lipinski definition) is 1. The number of halogens is 1. The molecule has 0 bridgehead atoms. The zero-order valence-corrected chi connectivity index (χ0v) is 13.5. The highest BCUT2D eigenvalue weighted by molar-refractivity contribution is 6.30. The molecule has 3 heteroatoms. The van der Waals surface area contributed by atoms with Crippen LogP contribution in [0.1, 0.15) is 38.7 Å². The van der Waals surface area contributed by atoms with Gasteiger partial charge in [-0.3, -0.25) is 4.90 Å². The van der Waals surface area contributed by atoms with Gasteiger partial charge in [-0.25, -0.2) is 0 Å². The molecule has 112 valence electrons. The number of likely N-dealkylation sites (tertiary alicyclic amines) is 1. The molecule has 0 aromatic heterocycles. The maximum Gasteiger partial charge on any atom is 0.0406 e. The van der Waals surface area contributed by atoms with Gasteiger partial charge in [0.2, 0.25) is 0 Å². The highest BCUT2D eigenvalue weighted by Gasteiger charge is 2.20. The van der Waals surface area contributed by atoms with E-state index in [9.17, 15) is 0 Å². The molecule has 0 aliphatic carbocycles. The smallest absolute Gasteiger partial charge is 0.0406 e. The first-order chi connectivity index (χ1) is 9.67. The zero-order valence-electron chi connectivity index (χ0n) is 12.7. The normalized spacial score (nSPS) is 19.1. The highest BCUT2D eigenvalue weighted by atomic mass is 35.5. The van der Waals surface area contributed by atoms with Crippen molar-refractivity contribution in [3.8, 4) is 0 Å². The van der Waals surface area contributed by atoms with Gasteiger partial charge in [0.15, 0.2) is 0 Å². The third-order valence-electron chi connectivity index (χ3n) is 4.27. The van der Waals surface area contributed by atoms with Crippen LogP contribution in [-0.2, 0) is 6.54 Å². The van der Waals surface area contributed by atoms with E-state index < -0.39 is 0 Å². The maximum absolute atomic E-state index is 5.93. The lowest BCUT2D eigenvalue weighted by atomic mass is 9.90. The van der Waals surface area contributed by atoms with E-state index in [0.29, 0.717) is 6.04 Å². The number of rotatable bonds is 6. The lowest BCUT2D eigenvalue weighted by Crippen LogP contribution is -2.36. The van der Waals surface area contributed by atoms with Crippen LogP contribution in [0.5, 0.6) is 0 Å². The van der Waals surface area contributed by atoms with Crippen molar-refractivity contribution >= 4 is 11.6 Å². The number of hydrogen-bond acceptors (Lipinski definition) is 2. The summed E-state index contributed by atoms with van der Waals surface area (Å²) in [5.41, 5.74) is 1.37. The lowest BCUT2D eigenvalue weighted by molar-refractivity contribution is 0.166. The molecule has 0 amide bonds. The Kier molecular flexibility index (Phi) is 6.34. The van der Waals surface area contributed by atoms with E-state index in [1.807, 2.05) is 12.1 Å². The van der Waals surface area contributed by atoms with E-state index in [-0.39, 0.29) is 0 Å². The summed E-state index contributed by atoms with van der Waals surface area (Å²) in [4.78, 5) is 2.57. The average Bonchev–Trinajstić information content (AvgIpc) is 2.44. The van der Waals surface area contributed by atoms with Crippen LogP contribution in [0.4, 0.5) is 0 Å². The first-order valence-electron chi connectivity index (χ1n) is 7.87. The summed E-state index contributed by atoms with van der Waals surface area (Å²) in [5, 5.41) is 4.35. The van der Waals surface area contributed by atoms with Crippen molar-refractivity contribution in [1.29, 1.82) is 0 Å². The Balaban J connectivity index is 1.72. The summed E-state index contributed by atoms with van der Waals surface area (Å²) in [6.45, 7) is 9.09. The molecular formula is C17H27ClN2. The Labute approximate surface area is 128 Å². The summed E-state index contributed by atoms with van der Waals surface area (Å²) in [5.74, 6) is 0.894. The van der Waals surface area contributed by atoms with E-state index >= 15 is 0 Å². The topological polar surface area (TPSA) is 15.3 Å². The molecule has 20 heavy (non-hydrogen) atoms. The fourth-order valence-corrected chi connectivity index (χ4v) is 3.29. The minimum atomic E-state index is 0.660. The average molecular weight is 295 g/mol. The van der Waals surface area contributed by atoms with Crippen molar-refractivity contribution in [2.45, 2.75) is 45.7 Å². The Morgan fingerprint density at radius 2 is 1.90 bits per heavy atom. The van der Waals surface area contributed by atoms with Crippen molar-refractivity contribution in [3.63, 3.8) is 0 Å². The van der Waals surface area contributed by atoms with Gasteiger partial charge in [-0.05, 0) is 69.4 Å². The number of nitrogens with zero attached hydrogens (tertiary/aromatic N) is 1. The second-order valence-corrected chi connectivity index (χ2v) is 6.48. The van der Waals surface area contributed by atoms with E-state index in [0.717, 1.165) is 24.0 Å². The standard InChI is InChI=1S/C17H27ClN2/c1-3-19-14(2)12-15-8-10-20(11-9-15)13-16-4-6-17(18)7-5-16/h4-7,14-15,19H,3,8-13H2,1-2H3. The minimum Gasteiger partial charge on any atom is -0.315 e.